The minimum atomic E-state index is -0.760. The quantitative estimate of drug-likeness (QED) is 0.397. The Kier molecular flexibility index (Phi) is 7.32. The first-order valence-corrected chi connectivity index (χ1v) is 12.1. The molecule has 0 aliphatic carbocycles. The molecule has 3 N–H and O–H groups in total. The molecule has 2 atom stereocenters. The van der Waals surface area contributed by atoms with E-state index in [9.17, 15) is 9.59 Å². The highest BCUT2D eigenvalue weighted by Crippen LogP contribution is 2.36. The summed E-state index contributed by atoms with van der Waals surface area (Å²) in [5.41, 5.74) is 7.79. The maximum atomic E-state index is 13.7. The normalized spacial score (nSPS) is 17.4. The maximum Gasteiger partial charge on any atom is 0.255 e. The zero-order valence-electron chi connectivity index (χ0n) is 21.6. The Morgan fingerprint density at radius 1 is 1.30 bits per heavy atom. The zero-order chi connectivity index (χ0) is 26.7. The second-order valence-corrected chi connectivity index (χ2v) is 9.62. The number of anilines is 1. The van der Waals surface area contributed by atoms with E-state index in [1.54, 1.807) is 12.0 Å². The Balaban J connectivity index is 1.89. The number of ether oxygens (including phenoxy) is 1. The molecule has 0 spiro atoms. The van der Waals surface area contributed by atoms with Crippen molar-refractivity contribution in [1.29, 1.82) is 0 Å². The Labute approximate surface area is 216 Å². The van der Waals surface area contributed by atoms with Crippen molar-refractivity contribution in [2.24, 2.45) is 0 Å². The van der Waals surface area contributed by atoms with Gasteiger partial charge in [-0.25, -0.2) is 9.97 Å². The van der Waals surface area contributed by atoms with Gasteiger partial charge in [0.15, 0.2) is 0 Å². The molecule has 192 valence electrons. The first-order valence-electron chi connectivity index (χ1n) is 12.1. The topological polar surface area (TPSA) is 115 Å². The molecule has 9 nitrogen and oxygen atoms in total. The number of nitrogens with zero attached hydrogens (tertiary/aromatic N) is 4. The van der Waals surface area contributed by atoms with Gasteiger partial charge in [-0.05, 0) is 44.8 Å². The Morgan fingerprint density at radius 3 is 2.70 bits per heavy atom. The van der Waals surface area contributed by atoms with Crippen LogP contribution in [0.3, 0.4) is 0 Å². The molecule has 2 unspecified atom stereocenters. The molecule has 1 fully saturated rings. The Morgan fingerprint density at radius 2 is 2.03 bits per heavy atom. The highest BCUT2D eigenvalue weighted by atomic mass is 16.5. The van der Waals surface area contributed by atoms with Crippen LogP contribution in [0, 0.1) is 11.8 Å². The smallest absolute Gasteiger partial charge is 0.255 e. The molecule has 0 radical (unpaired) electrons. The van der Waals surface area contributed by atoms with Gasteiger partial charge in [-0.3, -0.25) is 9.59 Å². The lowest BCUT2D eigenvalue weighted by Crippen LogP contribution is -2.32. The summed E-state index contributed by atoms with van der Waals surface area (Å²) in [5.74, 6) is 6.04. The van der Waals surface area contributed by atoms with Crippen LogP contribution >= 0.6 is 0 Å². The van der Waals surface area contributed by atoms with Crippen molar-refractivity contribution < 1.29 is 14.3 Å². The second kappa shape index (κ2) is 10.4. The van der Waals surface area contributed by atoms with Crippen LogP contribution in [0.5, 0.6) is 0 Å². The molecule has 1 aromatic carbocycles. The van der Waals surface area contributed by atoms with E-state index in [4.69, 9.17) is 10.5 Å². The lowest BCUT2D eigenvalue weighted by Gasteiger charge is -2.19. The molecule has 4 rings (SSSR count). The third-order valence-electron chi connectivity index (χ3n) is 6.70. The van der Waals surface area contributed by atoms with Gasteiger partial charge in [-0.15, -0.1) is 0 Å². The van der Waals surface area contributed by atoms with Crippen molar-refractivity contribution in [3.05, 3.63) is 66.1 Å². The first kappa shape index (κ1) is 25.9. The minimum Gasteiger partial charge on any atom is -0.383 e. The van der Waals surface area contributed by atoms with Crippen molar-refractivity contribution in [2.45, 2.75) is 51.4 Å². The average molecular weight is 501 g/mol. The number of amides is 2. The van der Waals surface area contributed by atoms with Crippen LogP contribution in [-0.4, -0.2) is 56.5 Å². The van der Waals surface area contributed by atoms with E-state index in [1.165, 1.54) is 12.4 Å². The average Bonchev–Trinajstić information content (AvgIpc) is 3.44. The van der Waals surface area contributed by atoms with Gasteiger partial charge in [-0.1, -0.05) is 42.8 Å². The van der Waals surface area contributed by atoms with Crippen molar-refractivity contribution in [1.82, 2.24) is 24.8 Å². The van der Waals surface area contributed by atoms with Gasteiger partial charge in [0.2, 0.25) is 5.91 Å². The molecule has 0 bridgehead atoms. The van der Waals surface area contributed by atoms with Gasteiger partial charge in [-0.2, -0.15) is 0 Å². The molecule has 9 heteroatoms. The zero-order valence-corrected chi connectivity index (χ0v) is 21.6. The van der Waals surface area contributed by atoms with E-state index >= 15 is 0 Å². The lowest BCUT2D eigenvalue weighted by atomic mass is 10.1. The molecule has 1 aliphatic heterocycles. The second-order valence-electron chi connectivity index (χ2n) is 9.62. The maximum absolute atomic E-state index is 13.7. The van der Waals surface area contributed by atoms with E-state index in [0.29, 0.717) is 41.8 Å². The fourth-order valence-corrected chi connectivity index (χ4v) is 4.60. The summed E-state index contributed by atoms with van der Waals surface area (Å²) >= 11 is 0. The SMILES string of the molecule is C=CC(=O)N1CC(n2c(C#CC(C)(C)OC)c(C(=O)NCc3ccccc3)c3c(N)ncnc32)CC1C. The monoisotopic (exact) mass is 500 g/mol. The molecule has 1 saturated heterocycles. The summed E-state index contributed by atoms with van der Waals surface area (Å²) in [4.78, 5) is 36.6. The predicted octanol–water partition coefficient (Wildman–Crippen LogP) is 3.07. The Bertz CT molecular complexity index is 1400. The van der Waals surface area contributed by atoms with Gasteiger partial charge < -0.3 is 25.3 Å². The van der Waals surface area contributed by atoms with Crippen molar-refractivity contribution in [2.75, 3.05) is 19.4 Å². The largest absolute Gasteiger partial charge is 0.383 e. The van der Waals surface area contributed by atoms with Crippen LogP contribution in [0.4, 0.5) is 5.82 Å². The summed E-state index contributed by atoms with van der Waals surface area (Å²) in [6.07, 6.45) is 3.35. The predicted molar refractivity (Wildman–Crippen MR) is 143 cm³/mol. The summed E-state index contributed by atoms with van der Waals surface area (Å²) in [5, 5.41) is 3.43. The molecule has 2 aromatic heterocycles. The van der Waals surface area contributed by atoms with E-state index in [-0.39, 0.29) is 29.7 Å². The van der Waals surface area contributed by atoms with Gasteiger partial charge >= 0.3 is 0 Å². The van der Waals surface area contributed by atoms with Crippen molar-refractivity contribution >= 4 is 28.7 Å². The fourth-order valence-electron chi connectivity index (χ4n) is 4.60. The molecular formula is C28H32N6O3. The van der Waals surface area contributed by atoms with Crippen LogP contribution in [0.2, 0.25) is 0 Å². The summed E-state index contributed by atoms with van der Waals surface area (Å²) in [7, 11) is 1.58. The highest BCUT2D eigenvalue weighted by Gasteiger charge is 2.36. The van der Waals surface area contributed by atoms with Gasteiger partial charge in [0.05, 0.1) is 17.0 Å². The summed E-state index contributed by atoms with van der Waals surface area (Å²) in [6, 6.07) is 9.42. The van der Waals surface area contributed by atoms with Gasteiger partial charge in [0.25, 0.3) is 5.91 Å². The van der Waals surface area contributed by atoms with E-state index in [2.05, 4.69) is 33.7 Å². The molecule has 3 heterocycles. The number of hydrogen-bond donors (Lipinski definition) is 2. The number of carbonyl (C=O) groups excluding carboxylic acids is 2. The van der Waals surface area contributed by atoms with E-state index in [0.717, 1.165) is 5.56 Å². The van der Waals surface area contributed by atoms with Crippen LogP contribution in [0.25, 0.3) is 11.0 Å². The molecule has 37 heavy (non-hydrogen) atoms. The third kappa shape index (κ3) is 5.20. The number of nitrogens with two attached hydrogens (primary N) is 1. The number of likely N-dealkylation sites (tertiary alicyclic amines) is 1. The number of methoxy groups -OCH3 is 1. The summed E-state index contributed by atoms with van der Waals surface area (Å²) < 4.78 is 7.44. The van der Waals surface area contributed by atoms with Crippen LogP contribution in [-0.2, 0) is 16.1 Å². The number of hydrogen-bond acceptors (Lipinski definition) is 6. The first-order chi connectivity index (χ1) is 17.7. The lowest BCUT2D eigenvalue weighted by molar-refractivity contribution is -0.126. The standard InChI is InChI=1S/C28H32N6O3/c1-6-22(35)33-16-20(14-18(33)2)34-21(12-13-28(3,4)37-5)23(24-25(29)31-17-32-26(24)34)27(36)30-15-19-10-8-7-9-11-19/h6-11,17-18,20H,1,14-16H2,2-5H3,(H,30,36)(H2,29,31,32). The fraction of sp³-hybridized carbons (Fsp3) is 0.357. The number of fused-ring (bicyclic) bond motifs is 1. The number of aromatic nitrogens is 3. The van der Waals surface area contributed by atoms with E-state index in [1.807, 2.05) is 55.7 Å². The van der Waals surface area contributed by atoms with Gasteiger partial charge in [0.1, 0.15) is 29.1 Å². The minimum absolute atomic E-state index is 0.0290. The molecule has 1 aliphatic rings. The molecule has 0 saturated carbocycles. The molecule has 2 amide bonds. The number of benzene rings is 1. The van der Waals surface area contributed by atoms with Crippen molar-refractivity contribution in [3.8, 4) is 11.8 Å². The number of nitrogens with one attached hydrogen (secondary N) is 1. The van der Waals surface area contributed by atoms with Gasteiger partial charge in [0, 0.05) is 26.2 Å². The number of rotatable bonds is 6. The third-order valence-corrected chi connectivity index (χ3v) is 6.70. The van der Waals surface area contributed by atoms with Crippen LogP contribution < -0.4 is 11.1 Å². The molecule has 3 aromatic rings. The number of nitrogen functional groups attached to an aromatic ring is 1. The van der Waals surface area contributed by atoms with Crippen molar-refractivity contribution in [3.63, 3.8) is 0 Å². The number of carbonyl (C=O) groups is 2. The molecular weight excluding hydrogens is 468 g/mol. The Hall–Kier alpha value is -4.16. The van der Waals surface area contributed by atoms with E-state index < -0.39 is 5.60 Å². The highest BCUT2D eigenvalue weighted by molar-refractivity contribution is 6.11. The van der Waals surface area contributed by atoms with Crippen LogP contribution in [0.15, 0.2) is 49.3 Å². The summed E-state index contributed by atoms with van der Waals surface area (Å²) in [6.45, 7) is 10.1. The van der Waals surface area contributed by atoms with Crippen LogP contribution in [0.1, 0.15) is 54.8 Å².